The average molecular weight is 562 g/mol. The van der Waals surface area contributed by atoms with Crippen LogP contribution in [-0.2, 0) is 13.1 Å². The first-order chi connectivity index (χ1) is 15.7. The van der Waals surface area contributed by atoms with Crippen LogP contribution >= 0.6 is 24.0 Å². The van der Waals surface area contributed by atoms with Crippen molar-refractivity contribution in [1.82, 2.24) is 20.5 Å². The molecule has 2 aromatic carbocycles. The Morgan fingerprint density at radius 2 is 1.79 bits per heavy atom. The molecule has 1 fully saturated rings. The summed E-state index contributed by atoms with van der Waals surface area (Å²) in [7, 11) is 1.74. The van der Waals surface area contributed by atoms with E-state index in [1.165, 1.54) is 0 Å². The fraction of sp³-hybridized carbons (Fsp3) is 0.360. The molecule has 0 bridgehead atoms. The smallest absolute Gasteiger partial charge is 0.191 e. The molecule has 0 aliphatic carbocycles. The van der Waals surface area contributed by atoms with E-state index < -0.39 is 0 Å². The maximum absolute atomic E-state index is 14.8. The Morgan fingerprint density at radius 1 is 1.03 bits per heavy atom. The third kappa shape index (κ3) is 6.32. The number of halogens is 2. The molecule has 8 heteroatoms. The summed E-state index contributed by atoms with van der Waals surface area (Å²) in [5, 5.41) is 7.74. The van der Waals surface area contributed by atoms with E-state index in [-0.39, 0.29) is 29.8 Å². The van der Waals surface area contributed by atoms with Gasteiger partial charge in [0.2, 0.25) is 0 Å². The molecular formula is C25H32FIN6. The molecule has 0 saturated carbocycles. The maximum atomic E-state index is 14.8. The van der Waals surface area contributed by atoms with Gasteiger partial charge in [0.05, 0.1) is 11.2 Å². The molecular weight excluding hydrogens is 530 g/mol. The van der Waals surface area contributed by atoms with Gasteiger partial charge in [0.1, 0.15) is 5.82 Å². The first-order valence-corrected chi connectivity index (χ1v) is 11.2. The number of fused-ring (bicyclic) bond motifs is 1. The number of benzene rings is 2. The number of anilines is 1. The summed E-state index contributed by atoms with van der Waals surface area (Å²) in [5.74, 6) is 0.506. The summed E-state index contributed by atoms with van der Waals surface area (Å²) in [6, 6.07) is 15.6. The number of piperazine rings is 1. The molecule has 0 amide bonds. The number of aliphatic imine (C=N–C) groups is 1. The van der Waals surface area contributed by atoms with Gasteiger partial charge < -0.3 is 20.4 Å². The number of hydrogen-bond donors (Lipinski definition) is 2. The first kappa shape index (κ1) is 25.2. The summed E-state index contributed by atoms with van der Waals surface area (Å²) in [6.07, 6.45) is 1.82. The summed E-state index contributed by atoms with van der Waals surface area (Å²) in [6.45, 7) is 8.03. The fourth-order valence-corrected chi connectivity index (χ4v) is 4.12. The van der Waals surface area contributed by atoms with E-state index in [9.17, 15) is 4.39 Å². The van der Waals surface area contributed by atoms with Gasteiger partial charge in [-0.1, -0.05) is 31.2 Å². The van der Waals surface area contributed by atoms with E-state index in [0.29, 0.717) is 24.7 Å². The lowest BCUT2D eigenvalue weighted by molar-refractivity contribution is 0.270. The molecule has 33 heavy (non-hydrogen) atoms. The lowest BCUT2D eigenvalue weighted by atomic mass is 10.1. The van der Waals surface area contributed by atoms with Gasteiger partial charge in [0.15, 0.2) is 5.96 Å². The van der Waals surface area contributed by atoms with Crippen LogP contribution in [0.4, 0.5) is 10.1 Å². The largest absolute Gasteiger partial charge is 0.367 e. The standard InChI is InChI=1S/C25H31FN6.HI/c1-3-31-12-14-32(15-13-31)24-9-8-19(16-22(24)26)17-29-25(27-2)30-18-20-10-11-28-23-7-5-4-6-21(20)23;/h4-11,16H,3,12-15,17-18H2,1-2H3,(H2,27,29,30);1H. The molecule has 1 aromatic heterocycles. The van der Waals surface area contributed by atoms with Crippen molar-refractivity contribution in [3.63, 3.8) is 0 Å². The molecule has 0 spiro atoms. The molecule has 2 heterocycles. The van der Waals surface area contributed by atoms with E-state index in [1.807, 2.05) is 42.6 Å². The Balaban J connectivity index is 0.00000306. The number of aromatic nitrogens is 1. The summed E-state index contributed by atoms with van der Waals surface area (Å²) < 4.78 is 14.8. The van der Waals surface area contributed by atoms with E-state index in [2.05, 4.69) is 43.4 Å². The molecule has 0 unspecified atom stereocenters. The number of rotatable bonds is 6. The van der Waals surface area contributed by atoms with Gasteiger partial charge in [-0.2, -0.15) is 0 Å². The Bertz CT molecular complexity index is 1080. The lowest BCUT2D eigenvalue weighted by Crippen LogP contribution is -2.46. The molecule has 1 saturated heterocycles. The molecule has 3 aromatic rings. The van der Waals surface area contributed by atoms with Crippen LogP contribution in [-0.4, -0.2) is 55.6 Å². The average Bonchev–Trinajstić information content (AvgIpc) is 2.84. The fourth-order valence-electron chi connectivity index (χ4n) is 4.12. The Morgan fingerprint density at radius 3 is 2.52 bits per heavy atom. The van der Waals surface area contributed by atoms with Crippen molar-refractivity contribution in [2.24, 2.45) is 4.99 Å². The number of guanidine groups is 1. The Kier molecular flexibility index (Phi) is 9.25. The zero-order chi connectivity index (χ0) is 22.3. The van der Waals surface area contributed by atoms with Crippen molar-refractivity contribution in [3.05, 3.63) is 71.7 Å². The van der Waals surface area contributed by atoms with Crippen molar-refractivity contribution in [2.75, 3.05) is 44.7 Å². The van der Waals surface area contributed by atoms with Crippen LogP contribution in [0.5, 0.6) is 0 Å². The van der Waals surface area contributed by atoms with Crippen LogP contribution in [0.2, 0.25) is 0 Å². The zero-order valence-corrected chi connectivity index (χ0v) is 21.6. The van der Waals surface area contributed by atoms with Crippen molar-refractivity contribution in [3.8, 4) is 0 Å². The number of hydrogen-bond acceptors (Lipinski definition) is 4. The highest BCUT2D eigenvalue weighted by Gasteiger charge is 2.18. The van der Waals surface area contributed by atoms with Gasteiger partial charge in [-0.15, -0.1) is 24.0 Å². The number of nitrogens with zero attached hydrogens (tertiary/aromatic N) is 4. The number of likely N-dealkylation sites (N-methyl/N-ethyl adjacent to an activating group) is 1. The van der Waals surface area contributed by atoms with Gasteiger partial charge >= 0.3 is 0 Å². The SMILES string of the molecule is CCN1CCN(c2ccc(CNC(=NC)NCc3ccnc4ccccc34)cc2F)CC1.I. The second-order valence-corrected chi connectivity index (χ2v) is 7.97. The van der Waals surface area contributed by atoms with E-state index in [0.717, 1.165) is 54.8 Å². The first-order valence-electron chi connectivity index (χ1n) is 11.2. The minimum absolute atomic E-state index is 0. The molecule has 6 nitrogen and oxygen atoms in total. The number of nitrogens with one attached hydrogen (secondary N) is 2. The quantitative estimate of drug-likeness (QED) is 0.271. The molecule has 1 aliphatic heterocycles. The van der Waals surface area contributed by atoms with E-state index >= 15 is 0 Å². The predicted octanol–water partition coefficient (Wildman–Crippen LogP) is 4.00. The molecule has 4 rings (SSSR count). The van der Waals surface area contributed by atoms with Crippen molar-refractivity contribution >= 4 is 46.5 Å². The van der Waals surface area contributed by atoms with Gasteiger partial charge in [-0.05, 0) is 41.9 Å². The van der Waals surface area contributed by atoms with Crippen molar-refractivity contribution in [1.29, 1.82) is 0 Å². The number of pyridine rings is 1. The normalized spacial score (nSPS) is 14.8. The predicted molar refractivity (Wildman–Crippen MR) is 145 cm³/mol. The molecule has 2 N–H and O–H groups in total. The molecule has 0 atom stereocenters. The second-order valence-electron chi connectivity index (χ2n) is 7.97. The molecule has 0 radical (unpaired) electrons. The Hall–Kier alpha value is -2.46. The summed E-state index contributed by atoms with van der Waals surface area (Å²) >= 11 is 0. The Labute approximate surface area is 212 Å². The van der Waals surface area contributed by atoms with Crippen molar-refractivity contribution in [2.45, 2.75) is 20.0 Å². The van der Waals surface area contributed by atoms with Crippen LogP contribution < -0.4 is 15.5 Å². The van der Waals surface area contributed by atoms with Crippen molar-refractivity contribution < 1.29 is 4.39 Å². The highest BCUT2D eigenvalue weighted by molar-refractivity contribution is 14.0. The highest BCUT2D eigenvalue weighted by Crippen LogP contribution is 2.22. The van der Waals surface area contributed by atoms with Gasteiger partial charge in [-0.25, -0.2) is 4.39 Å². The third-order valence-electron chi connectivity index (χ3n) is 6.04. The van der Waals surface area contributed by atoms with Crippen LogP contribution in [0.1, 0.15) is 18.1 Å². The molecule has 176 valence electrons. The van der Waals surface area contributed by atoms with E-state index in [1.54, 1.807) is 13.1 Å². The summed E-state index contributed by atoms with van der Waals surface area (Å²) in [5.41, 5.74) is 3.70. The van der Waals surface area contributed by atoms with Crippen LogP contribution in [0.3, 0.4) is 0 Å². The molecule has 1 aliphatic rings. The summed E-state index contributed by atoms with van der Waals surface area (Å²) in [4.78, 5) is 13.2. The van der Waals surface area contributed by atoms with Crippen LogP contribution in [0.15, 0.2) is 59.7 Å². The van der Waals surface area contributed by atoms with Gasteiger partial charge in [-0.3, -0.25) is 9.98 Å². The monoisotopic (exact) mass is 562 g/mol. The highest BCUT2D eigenvalue weighted by atomic mass is 127. The second kappa shape index (κ2) is 12.1. The number of para-hydroxylation sites is 1. The van der Waals surface area contributed by atoms with Crippen LogP contribution in [0, 0.1) is 5.82 Å². The van der Waals surface area contributed by atoms with E-state index in [4.69, 9.17) is 0 Å². The topological polar surface area (TPSA) is 55.8 Å². The zero-order valence-electron chi connectivity index (χ0n) is 19.2. The lowest BCUT2D eigenvalue weighted by Gasteiger charge is -2.35. The van der Waals surface area contributed by atoms with Crippen LogP contribution in [0.25, 0.3) is 10.9 Å². The maximum Gasteiger partial charge on any atom is 0.191 e. The third-order valence-corrected chi connectivity index (χ3v) is 6.04. The van der Waals surface area contributed by atoms with Gasteiger partial charge in [0.25, 0.3) is 0 Å². The minimum Gasteiger partial charge on any atom is -0.367 e. The minimum atomic E-state index is -0.166. The van der Waals surface area contributed by atoms with Gasteiger partial charge in [0, 0.05) is 57.9 Å².